The quantitative estimate of drug-likeness (QED) is 0.129. The van der Waals surface area contributed by atoms with Crippen molar-refractivity contribution in [2.24, 2.45) is 11.7 Å². The molecule has 12 heteroatoms. The number of nitrogens with two attached hydrogens (primary N) is 1. The van der Waals surface area contributed by atoms with Crippen LogP contribution in [0, 0.1) is 5.92 Å². The Kier molecular flexibility index (Phi) is 12.4. The van der Waals surface area contributed by atoms with Crippen LogP contribution in [0.1, 0.15) is 37.8 Å². The van der Waals surface area contributed by atoms with Crippen LogP contribution < -0.4 is 21.7 Å². The molecular weight excluding hydrogens is 570 g/mol. The highest BCUT2D eigenvalue weighted by Crippen LogP contribution is 2.20. The number of para-hydroxylation sites is 1. The number of amides is 3. The average molecular weight is 612 g/mol. The van der Waals surface area contributed by atoms with Crippen LogP contribution in [0.25, 0.3) is 10.9 Å². The van der Waals surface area contributed by atoms with Crippen LogP contribution in [0.5, 0.6) is 5.75 Å². The SMILES string of the molecule is CSCCC(NC(=O)C(N)Cc1ccc(O)cc1)C(=O)NC(Cc1c[nH]c2ccccc12)C(=O)NC(CC(C)C)C(=O)O. The van der Waals surface area contributed by atoms with Crippen molar-refractivity contribution in [3.05, 3.63) is 65.9 Å². The first-order valence-electron chi connectivity index (χ1n) is 14.2. The van der Waals surface area contributed by atoms with Crippen molar-refractivity contribution in [2.75, 3.05) is 12.0 Å². The third-order valence-corrected chi connectivity index (χ3v) is 7.67. The number of carbonyl (C=O) groups excluding carboxylic acids is 3. The van der Waals surface area contributed by atoms with Gasteiger partial charge in [0.25, 0.3) is 0 Å². The Bertz CT molecular complexity index is 1390. The molecule has 0 saturated heterocycles. The minimum atomic E-state index is -1.16. The summed E-state index contributed by atoms with van der Waals surface area (Å²) in [5.74, 6) is -2.23. The number of phenolic OH excluding ortho intramolecular Hbond substituents is 1. The van der Waals surface area contributed by atoms with E-state index >= 15 is 0 Å². The molecule has 0 radical (unpaired) electrons. The fourth-order valence-electron chi connectivity index (χ4n) is 4.73. The van der Waals surface area contributed by atoms with E-state index in [1.807, 2.05) is 44.4 Å². The zero-order valence-electron chi connectivity index (χ0n) is 24.6. The monoisotopic (exact) mass is 611 g/mol. The smallest absolute Gasteiger partial charge is 0.326 e. The summed E-state index contributed by atoms with van der Waals surface area (Å²) >= 11 is 1.50. The van der Waals surface area contributed by atoms with E-state index in [1.165, 1.54) is 23.9 Å². The Labute approximate surface area is 255 Å². The maximum atomic E-state index is 13.6. The number of thioether (sulfide) groups is 1. The molecule has 0 spiro atoms. The molecule has 0 aliphatic carbocycles. The molecule has 0 aliphatic heterocycles. The maximum absolute atomic E-state index is 13.6. The number of benzene rings is 2. The van der Waals surface area contributed by atoms with Crippen LogP contribution in [-0.4, -0.2) is 75.1 Å². The molecule has 1 heterocycles. The van der Waals surface area contributed by atoms with E-state index in [2.05, 4.69) is 20.9 Å². The number of carboxylic acid groups (broad SMARTS) is 1. The van der Waals surface area contributed by atoms with E-state index in [0.717, 1.165) is 22.0 Å². The van der Waals surface area contributed by atoms with Crippen molar-refractivity contribution < 1.29 is 29.4 Å². The van der Waals surface area contributed by atoms with Crippen LogP contribution in [0.2, 0.25) is 0 Å². The largest absolute Gasteiger partial charge is 0.508 e. The lowest BCUT2D eigenvalue weighted by Crippen LogP contribution is -2.58. The molecule has 2 aromatic carbocycles. The number of nitrogens with one attached hydrogen (secondary N) is 4. The van der Waals surface area contributed by atoms with E-state index in [4.69, 9.17) is 5.73 Å². The zero-order chi connectivity index (χ0) is 31.5. The number of carboxylic acids is 1. The van der Waals surface area contributed by atoms with Crippen LogP contribution in [-0.2, 0) is 32.0 Å². The Morgan fingerprint density at radius 2 is 1.51 bits per heavy atom. The number of H-pyrrole nitrogens is 1. The summed E-state index contributed by atoms with van der Waals surface area (Å²) < 4.78 is 0. The Morgan fingerprint density at radius 3 is 2.16 bits per heavy atom. The van der Waals surface area contributed by atoms with Crippen molar-refractivity contribution in [3.8, 4) is 5.75 Å². The number of phenols is 1. The number of hydrogen-bond donors (Lipinski definition) is 7. The van der Waals surface area contributed by atoms with Gasteiger partial charge >= 0.3 is 5.97 Å². The molecule has 43 heavy (non-hydrogen) atoms. The van der Waals surface area contributed by atoms with Crippen LogP contribution in [0.3, 0.4) is 0 Å². The summed E-state index contributed by atoms with van der Waals surface area (Å²) in [5.41, 5.74) is 8.52. The first-order chi connectivity index (χ1) is 20.5. The van der Waals surface area contributed by atoms with Gasteiger partial charge in [0.15, 0.2) is 0 Å². The van der Waals surface area contributed by atoms with Gasteiger partial charge in [-0.2, -0.15) is 11.8 Å². The standard InChI is InChI=1S/C31H41N5O6S/c1-18(2)14-27(31(41)42)36-30(40)26(16-20-17-33-24-7-5-4-6-22(20)24)35-29(39)25(12-13-43-3)34-28(38)23(32)15-19-8-10-21(37)11-9-19/h4-11,17-18,23,25-27,33,37H,12-16,32H2,1-3H3,(H,34,38)(H,35,39)(H,36,40)(H,41,42). The van der Waals surface area contributed by atoms with Gasteiger partial charge in [-0.05, 0) is 66.5 Å². The first-order valence-corrected chi connectivity index (χ1v) is 15.6. The number of aromatic nitrogens is 1. The van der Waals surface area contributed by atoms with Gasteiger partial charge in [-0.15, -0.1) is 0 Å². The summed E-state index contributed by atoms with van der Waals surface area (Å²) in [4.78, 5) is 55.2. The van der Waals surface area contributed by atoms with E-state index in [0.29, 0.717) is 5.75 Å². The third-order valence-electron chi connectivity index (χ3n) is 7.03. The average Bonchev–Trinajstić information content (AvgIpc) is 3.37. The zero-order valence-corrected chi connectivity index (χ0v) is 25.4. The summed E-state index contributed by atoms with van der Waals surface area (Å²) in [5, 5.41) is 28.2. The predicted octanol–water partition coefficient (Wildman–Crippen LogP) is 2.32. The van der Waals surface area contributed by atoms with Gasteiger partial charge in [0.05, 0.1) is 6.04 Å². The molecule has 8 N–H and O–H groups in total. The molecule has 0 fully saturated rings. The number of hydrogen-bond acceptors (Lipinski definition) is 7. The number of rotatable bonds is 16. The third kappa shape index (κ3) is 10.0. The first kappa shape index (κ1) is 33.5. The number of aromatic hydroxyl groups is 1. The molecule has 11 nitrogen and oxygen atoms in total. The van der Waals surface area contributed by atoms with Crippen molar-refractivity contribution in [3.63, 3.8) is 0 Å². The normalized spacial score (nSPS) is 14.1. The highest BCUT2D eigenvalue weighted by Gasteiger charge is 2.31. The minimum absolute atomic E-state index is 0.0139. The molecular formula is C31H41N5O6S. The summed E-state index contributed by atoms with van der Waals surface area (Å²) in [6.07, 6.45) is 4.44. The van der Waals surface area contributed by atoms with Crippen molar-refractivity contribution in [2.45, 2.75) is 63.7 Å². The molecule has 3 amide bonds. The highest BCUT2D eigenvalue weighted by atomic mass is 32.2. The molecule has 0 aliphatic rings. The second-order valence-corrected chi connectivity index (χ2v) is 12.0. The Morgan fingerprint density at radius 1 is 0.884 bits per heavy atom. The molecule has 1 aromatic heterocycles. The van der Waals surface area contributed by atoms with Gasteiger partial charge in [0.1, 0.15) is 23.9 Å². The fourth-order valence-corrected chi connectivity index (χ4v) is 5.20. The van der Waals surface area contributed by atoms with E-state index in [9.17, 15) is 29.4 Å². The molecule has 4 atom stereocenters. The van der Waals surface area contributed by atoms with Crippen LogP contribution >= 0.6 is 11.8 Å². The van der Waals surface area contributed by atoms with Gasteiger partial charge < -0.3 is 36.9 Å². The summed E-state index contributed by atoms with van der Waals surface area (Å²) in [7, 11) is 0. The number of fused-ring (bicyclic) bond motifs is 1. The molecule has 0 bridgehead atoms. The number of aromatic amines is 1. The highest BCUT2D eigenvalue weighted by molar-refractivity contribution is 7.98. The second-order valence-electron chi connectivity index (χ2n) is 11.0. The lowest BCUT2D eigenvalue weighted by atomic mass is 10.0. The number of carbonyl (C=O) groups is 4. The summed E-state index contributed by atoms with van der Waals surface area (Å²) in [6, 6.07) is 9.71. The van der Waals surface area contributed by atoms with Gasteiger partial charge in [-0.3, -0.25) is 14.4 Å². The van der Waals surface area contributed by atoms with Crippen molar-refractivity contribution in [1.82, 2.24) is 20.9 Å². The fraction of sp³-hybridized carbons (Fsp3) is 0.419. The lowest BCUT2D eigenvalue weighted by molar-refractivity contribution is -0.142. The van der Waals surface area contributed by atoms with E-state index < -0.39 is 47.9 Å². The number of aliphatic carboxylic acids is 1. The van der Waals surface area contributed by atoms with Crippen molar-refractivity contribution in [1.29, 1.82) is 0 Å². The summed E-state index contributed by atoms with van der Waals surface area (Å²) in [6.45, 7) is 3.72. The van der Waals surface area contributed by atoms with Gasteiger partial charge in [-0.1, -0.05) is 44.2 Å². The van der Waals surface area contributed by atoms with Gasteiger partial charge in [0, 0.05) is 23.5 Å². The minimum Gasteiger partial charge on any atom is -0.508 e. The van der Waals surface area contributed by atoms with Gasteiger partial charge in [-0.25, -0.2) is 4.79 Å². The molecule has 3 rings (SSSR count). The molecule has 232 valence electrons. The van der Waals surface area contributed by atoms with Crippen LogP contribution in [0.15, 0.2) is 54.7 Å². The predicted molar refractivity (Wildman–Crippen MR) is 168 cm³/mol. The van der Waals surface area contributed by atoms with Crippen molar-refractivity contribution >= 4 is 46.4 Å². The lowest BCUT2D eigenvalue weighted by Gasteiger charge is -2.25. The van der Waals surface area contributed by atoms with Crippen LogP contribution in [0.4, 0.5) is 0 Å². The van der Waals surface area contributed by atoms with E-state index in [1.54, 1.807) is 18.3 Å². The molecule has 4 unspecified atom stereocenters. The second kappa shape index (κ2) is 16.0. The Hall–Kier alpha value is -4.03. The molecule has 0 saturated carbocycles. The molecule has 3 aromatic rings. The topological polar surface area (TPSA) is 187 Å². The van der Waals surface area contributed by atoms with Gasteiger partial charge in [0.2, 0.25) is 17.7 Å². The van der Waals surface area contributed by atoms with E-state index in [-0.39, 0.29) is 37.4 Å². The Balaban J connectivity index is 1.80. The maximum Gasteiger partial charge on any atom is 0.326 e.